The van der Waals surface area contributed by atoms with Crippen molar-refractivity contribution in [3.05, 3.63) is 58.5 Å². The predicted molar refractivity (Wildman–Crippen MR) is 94.6 cm³/mol. The Hall–Kier alpha value is -3.49. The second-order valence-corrected chi connectivity index (χ2v) is 5.38. The summed E-state index contributed by atoms with van der Waals surface area (Å²) >= 11 is 0. The molecule has 0 unspecified atom stereocenters. The van der Waals surface area contributed by atoms with E-state index < -0.39 is 0 Å². The van der Waals surface area contributed by atoms with E-state index >= 15 is 0 Å². The van der Waals surface area contributed by atoms with Crippen LogP contribution in [0, 0.1) is 0 Å². The van der Waals surface area contributed by atoms with Crippen molar-refractivity contribution in [2.24, 2.45) is 0 Å². The van der Waals surface area contributed by atoms with Gasteiger partial charge in [-0.05, 0) is 30.3 Å². The summed E-state index contributed by atoms with van der Waals surface area (Å²) in [5.41, 5.74) is 0.676. The number of nitrogens with zero attached hydrogens (tertiary/aromatic N) is 2. The van der Waals surface area contributed by atoms with E-state index in [1.54, 1.807) is 24.3 Å². The third-order valence-electron chi connectivity index (χ3n) is 3.28. The van der Waals surface area contributed by atoms with Gasteiger partial charge >= 0.3 is 0 Å². The van der Waals surface area contributed by atoms with Crippen molar-refractivity contribution in [2.45, 2.75) is 13.5 Å². The van der Waals surface area contributed by atoms with Crippen molar-refractivity contribution in [1.29, 1.82) is 0 Å². The highest BCUT2D eigenvalue weighted by molar-refractivity contribution is 5.95. The fraction of sp³-hybridized carbons (Fsp3) is 0.235. The molecule has 9 heteroatoms. The summed E-state index contributed by atoms with van der Waals surface area (Å²) in [6.07, 6.45) is 1.42. The topological polar surface area (TPSA) is 122 Å². The smallest absolute Gasteiger partial charge is 0.267 e. The highest BCUT2D eigenvalue weighted by Gasteiger charge is 2.07. The first-order valence-corrected chi connectivity index (χ1v) is 7.90. The minimum atomic E-state index is -0.375. The van der Waals surface area contributed by atoms with Crippen LogP contribution in [0.3, 0.4) is 0 Å². The Kier molecular flexibility index (Phi) is 6.60. The van der Waals surface area contributed by atoms with Gasteiger partial charge in [0, 0.05) is 43.5 Å². The Balaban J connectivity index is 1.73. The summed E-state index contributed by atoms with van der Waals surface area (Å²) in [5, 5.41) is 11.7. The van der Waals surface area contributed by atoms with Gasteiger partial charge in [0.1, 0.15) is 6.54 Å². The number of amides is 3. The van der Waals surface area contributed by atoms with Crippen LogP contribution in [-0.2, 0) is 16.1 Å². The summed E-state index contributed by atoms with van der Waals surface area (Å²) in [7, 11) is 0. The first-order valence-electron chi connectivity index (χ1n) is 7.90. The van der Waals surface area contributed by atoms with E-state index in [2.05, 4.69) is 21.0 Å². The summed E-state index contributed by atoms with van der Waals surface area (Å²) in [5.74, 6) is -0.861. The maximum Gasteiger partial charge on any atom is 0.267 e. The maximum absolute atomic E-state index is 12.0. The number of carbonyl (C=O) groups is 3. The molecule has 1 heterocycles. The minimum Gasteiger partial charge on any atom is -0.353 e. The standard InChI is InChI=1S/C17H19N5O4/c1-12(23)21-14-6-4-13(5-7-14)17(26)19-10-9-18-15(24)11-22-16(25)3-2-8-20-22/h2-8H,9-11H2,1H3,(H,18,24)(H,19,26)(H,21,23). The van der Waals surface area contributed by atoms with Gasteiger partial charge in [-0.2, -0.15) is 5.10 Å². The number of hydrogen-bond acceptors (Lipinski definition) is 5. The second kappa shape index (κ2) is 9.11. The first kappa shape index (κ1) is 18.8. The molecule has 0 fully saturated rings. The van der Waals surface area contributed by atoms with Gasteiger partial charge in [0.2, 0.25) is 11.8 Å². The number of hydrogen-bond donors (Lipinski definition) is 3. The van der Waals surface area contributed by atoms with Gasteiger partial charge in [-0.3, -0.25) is 19.2 Å². The van der Waals surface area contributed by atoms with Crippen LogP contribution in [0.2, 0.25) is 0 Å². The zero-order valence-electron chi connectivity index (χ0n) is 14.2. The molecule has 0 aliphatic heterocycles. The Bertz CT molecular complexity index is 845. The third kappa shape index (κ3) is 5.86. The maximum atomic E-state index is 12.0. The number of rotatable bonds is 7. The van der Waals surface area contributed by atoms with Crippen molar-refractivity contribution < 1.29 is 14.4 Å². The molecular weight excluding hydrogens is 338 g/mol. The second-order valence-electron chi connectivity index (χ2n) is 5.38. The van der Waals surface area contributed by atoms with Gasteiger partial charge in [0.15, 0.2) is 0 Å². The molecule has 0 bridgehead atoms. The van der Waals surface area contributed by atoms with Crippen LogP contribution in [-0.4, -0.2) is 40.6 Å². The van der Waals surface area contributed by atoms with E-state index in [9.17, 15) is 19.2 Å². The molecule has 2 aromatic rings. The number of benzene rings is 1. The van der Waals surface area contributed by atoms with E-state index in [0.717, 1.165) is 4.68 Å². The van der Waals surface area contributed by atoms with Crippen molar-refractivity contribution >= 4 is 23.4 Å². The third-order valence-corrected chi connectivity index (χ3v) is 3.28. The number of carbonyl (C=O) groups excluding carboxylic acids is 3. The fourth-order valence-electron chi connectivity index (χ4n) is 2.09. The molecule has 0 saturated carbocycles. The van der Waals surface area contributed by atoms with Gasteiger partial charge in [0.05, 0.1) is 0 Å². The van der Waals surface area contributed by atoms with Crippen molar-refractivity contribution in [3.8, 4) is 0 Å². The zero-order valence-corrected chi connectivity index (χ0v) is 14.2. The van der Waals surface area contributed by atoms with Crippen LogP contribution < -0.4 is 21.5 Å². The van der Waals surface area contributed by atoms with Crippen molar-refractivity contribution in [3.63, 3.8) is 0 Å². The van der Waals surface area contributed by atoms with Crippen molar-refractivity contribution in [2.75, 3.05) is 18.4 Å². The van der Waals surface area contributed by atoms with Crippen LogP contribution in [0.25, 0.3) is 0 Å². The van der Waals surface area contributed by atoms with Gasteiger partial charge in [-0.15, -0.1) is 0 Å². The van der Waals surface area contributed by atoms with Crippen LogP contribution >= 0.6 is 0 Å². The molecule has 0 spiro atoms. The number of aromatic nitrogens is 2. The molecule has 0 aliphatic carbocycles. The Morgan fingerprint density at radius 3 is 2.38 bits per heavy atom. The fourth-order valence-corrected chi connectivity index (χ4v) is 2.09. The first-order chi connectivity index (χ1) is 12.5. The highest BCUT2D eigenvalue weighted by Crippen LogP contribution is 2.09. The molecule has 0 atom stereocenters. The molecule has 1 aromatic carbocycles. The lowest BCUT2D eigenvalue weighted by atomic mass is 10.2. The molecule has 136 valence electrons. The number of nitrogens with one attached hydrogen (secondary N) is 3. The van der Waals surface area contributed by atoms with E-state index in [1.165, 1.54) is 25.3 Å². The lowest BCUT2D eigenvalue weighted by Gasteiger charge is -2.08. The normalized spacial score (nSPS) is 10.0. The van der Waals surface area contributed by atoms with Gasteiger partial charge in [0.25, 0.3) is 11.5 Å². The van der Waals surface area contributed by atoms with Crippen LogP contribution in [0.15, 0.2) is 47.4 Å². The Morgan fingerprint density at radius 1 is 1.04 bits per heavy atom. The molecule has 3 N–H and O–H groups in total. The van der Waals surface area contributed by atoms with Crippen molar-refractivity contribution in [1.82, 2.24) is 20.4 Å². The average Bonchev–Trinajstić information content (AvgIpc) is 2.60. The van der Waals surface area contributed by atoms with E-state index in [0.29, 0.717) is 11.3 Å². The summed E-state index contributed by atoms with van der Waals surface area (Å²) in [6, 6.07) is 9.25. The molecule has 2 rings (SSSR count). The molecule has 0 aliphatic rings. The SMILES string of the molecule is CC(=O)Nc1ccc(C(=O)NCCNC(=O)Cn2ncccc2=O)cc1. The Morgan fingerprint density at radius 2 is 1.73 bits per heavy atom. The monoisotopic (exact) mass is 357 g/mol. The molecule has 26 heavy (non-hydrogen) atoms. The summed E-state index contributed by atoms with van der Waals surface area (Å²) in [6.45, 7) is 1.67. The summed E-state index contributed by atoms with van der Waals surface area (Å²) < 4.78 is 1.05. The Labute approximate surface area is 149 Å². The molecule has 0 radical (unpaired) electrons. The molecule has 9 nitrogen and oxygen atoms in total. The average molecular weight is 357 g/mol. The molecule has 0 saturated heterocycles. The van der Waals surface area contributed by atoms with E-state index in [1.807, 2.05) is 0 Å². The minimum absolute atomic E-state index is 0.182. The van der Waals surface area contributed by atoms with Gasteiger partial charge in [-0.1, -0.05) is 0 Å². The highest BCUT2D eigenvalue weighted by atomic mass is 16.2. The largest absolute Gasteiger partial charge is 0.353 e. The molecular formula is C17H19N5O4. The lowest BCUT2D eigenvalue weighted by Crippen LogP contribution is -2.38. The lowest BCUT2D eigenvalue weighted by molar-refractivity contribution is -0.121. The van der Waals surface area contributed by atoms with E-state index in [-0.39, 0.29) is 42.9 Å². The summed E-state index contributed by atoms with van der Waals surface area (Å²) in [4.78, 5) is 46.1. The molecule has 3 amide bonds. The number of anilines is 1. The quantitative estimate of drug-likeness (QED) is 0.590. The van der Waals surface area contributed by atoms with Gasteiger partial charge < -0.3 is 16.0 Å². The zero-order chi connectivity index (χ0) is 18.9. The van der Waals surface area contributed by atoms with Crippen LogP contribution in [0.5, 0.6) is 0 Å². The van der Waals surface area contributed by atoms with Gasteiger partial charge in [-0.25, -0.2) is 4.68 Å². The molecule has 1 aromatic heterocycles. The van der Waals surface area contributed by atoms with Crippen LogP contribution in [0.4, 0.5) is 5.69 Å². The predicted octanol–water partition coefficient (Wildman–Crippen LogP) is -0.252. The van der Waals surface area contributed by atoms with E-state index in [4.69, 9.17) is 0 Å². The van der Waals surface area contributed by atoms with Crippen LogP contribution in [0.1, 0.15) is 17.3 Å².